The summed E-state index contributed by atoms with van der Waals surface area (Å²) in [4.78, 5) is 16.7. The lowest BCUT2D eigenvalue weighted by Crippen LogP contribution is -2.35. The van der Waals surface area contributed by atoms with E-state index in [2.05, 4.69) is 10.3 Å². The summed E-state index contributed by atoms with van der Waals surface area (Å²) >= 11 is 0. The molecule has 1 aromatic heterocycles. The first-order valence-electron chi connectivity index (χ1n) is 6.70. The number of para-hydroxylation sites is 1. The average molecular weight is 275 g/mol. The van der Waals surface area contributed by atoms with Crippen LogP contribution in [0.5, 0.6) is 0 Å². The van der Waals surface area contributed by atoms with Crippen molar-refractivity contribution in [1.29, 1.82) is 0 Å². The van der Waals surface area contributed by atoms with Gasteiger partial charge < -0.3 is 20.3 Å². The number of aliphatic hydroxyl groups excluding tert-OH is 1. The number of H-pyrrole nitrogens is 1. The number of fused-ring (bicyclic) bond motifs is 1. The largest absolute Gasteiger partial charge is 0.390 e. The van der Waals surface area contributed by atoms with E-state index in [0.717, 1.165) is 10.9 Å². The zero-order valence-electron chi connectivity index (χ0n) is 11.9. The number of hydrogen-bond donors (Lipinski definition) is 3. The minimum atomic E-state index is -0.440. The van der Waals surface area contributed by atoms with Crippen LogP contribution >= 0.6 is 0 Å². The number of benzene rings is 1. The SMILES string of the molecule is CN(C)CC(O)CNCc1cc2ccccc2[nH]c1=O. The van der Waals surface area contributed by atoms with Crippen molar-refractivity contribution in [2.45, 2.75) is 12.6 Å². The summed E-state index contributed by atoms with van der Waals surface area (Å²) < 4.78 is 0. The van der Waals surface area contributed by atoms with Crippen LogP contribution in [-0.2, 0) is 6.54 Å². The molecule has 5 heteroatoms. The molecule has 1 unspecified atom stereocenters. The summed E-state index contributed by atoms with van der Waals surface area (Å²) in [6.45, 7) is 1.51. The van der Waals surface area contributed by atoms with Crippen molar-refractivity contribution in [3.63, 3.8) is 0 Å². The maximum Gasteiger partial charge on any atom is 0.252 e. The van der Waals surface area contributed by atoms with Gasteiger partial charge in [-0.3, -0.25) is 4.79 Å². The molecule has 0 saturated carbocycles. The van der Waals surface area contributed by atoms with Crippen molar-refractivity contribution >= 4 is 10.9 Å². The van der Waals surface area contributed by atoms with Crippen LogP contribution in [0.3, 0.4) is 0 Å². The van der Waals surface area contributed by atoms with Gasteiger partial charge in [0.25, 0.3) is 5.56 Å². The van der Waals surface area contributed by atoms with Crippen molar-refractivity contribution in [2.24, 2.45) is 0 Å². The third-order valence-corrected chi connectivity index (χ3v) is 3.10. The van der Waals surface area contributed by atoms with E-state index >= 15 is 0 Å². The van der Waals surface area contributed by atoms with Crippen LogP contribution < -0.4 is 10.9 Å². The summed E-state index contributed by atoms with van der Waals surface area (Å²) in [7, 11) is 3.83. The van der Waals surface area contributed by atoms with E-state index in [0.29, 0.717) is 25.2 Å². The van der Waals surface area contributed by atoms with Crippen LogP contribution in [0.1, 0.15) is 5.56 Å². The van der Waals surface area contributed by atoms with Crippen LogP contribution in [0.15, 0.2) is 35.1 Å². The minimum absolute atomic E-state index is 0.0849. The maximum absolute atomic E-state index is 11.9. The number of likely N-dealkylation sites (N-methyl/N-ethyl adjacent to an activating group) is 1. The fraction of sp³-hybridized carbons (Fsp3) is 0.400. The highest BCUT2D eigenvalue weighted by atomic mass is 16.3. The lowest BCUT2D eigenvalue weighted by atomic mass is 10.1. The van der Waals surface area contributed by atoms with Crippen LogP contribution in [0.2, 0.25) is 0 Å². The molecule has 3 N–H and O–H groups in total. The molecule has 108 valence electrons. The number of nitrogens with zero attached hydrogens (tertiary/aromatic N) is 1. The molecular formula is C15H21N3O2. The highest BCUT2D eigenvalue weighted by Crippen LogP contribution is 2.09. The fourth-order valence-electron chi connectivity index (χ4n) is 2.18. The van der Waals surface area contributed by atoms with Crippen molar-refractivity contribution in [2.75, 3.05) is 27.2 Å². The topological polar surface area (TPSA) is 68.4 Å². The Morgan fingerprint density at radius 3 is 2.85 bits per heavy atom. The number of aromatic nitrogens is 1. The Balaban J connectivity index is 1.99. The van der Waals surface area contributed by atoms with Crippen LogP contribution in [0.4, 0.5) is 0 Å². The fourth-order valence-corrected chi connectivity index (χ4v) is 2.18. The Labute approximate surface area is 118 Å². The minimum Gasteiger partial charge on any atom is -0.390 e. The molecule has 0 fully saturated rings. The van der Waals surface area contributed by atoms with E-state index in [1.54, 1.807) is 0 Å². The molecule has 0 aliphatic heterocycles. The highest BCUT2D eigenvalue weighted by molar-refractivity contribution is 5.78. The molecule has 0 spiro atoms. The zero-order valence-corrected chi connectivity index (χ0v) is 11.9. The van der Waals surface area contributed by atoms with E-state index in [4.69, 9.17) is 0 Å². The Bertz CT molecular complexity index is 622. The molecule has 0 aliphatic rings. The van der Waals surface area contributed by atoms with Gasteiger partial charge in [0.1, 0.15) is 0 Å². The third kappa shape index (κ3) is 3.90. The number of aliphatic hydroxyl groups is 1. The molecule has 20 heavy (non-hydrogen) atoms. The van der Waals surface area contributed by atoms with Crippen molar-refractivity contribution in [3.05, 3.63) is 46.2 Å². The molecular weight excluding hydrogens is 254 g/mol. The first-order chi connectivity index (χ1) is 9.56. The van der Waals surface area contributed by atoms with Crippen molar-refractivity contribution < 1.29 is 5.11 Å². The summed E-state index contributed by atoms with van der Waals surface area (Å²) in [5.41, 5.74) is 1.44. The summed E-state index contributed by atoms with van der Waals surface area (Å²) in [5.74, 6) is 0. The molecule has 1 aromatic carbocycles. The number of rotatable bonds is 6. The molecule has 0 bridgehead atoms. The molecule has 0 radical (unpaired) electrons. The van der Waals surface area contributed by atoms with E-state index < -0.39 is 6.10 Å². The lowest BCUT2D eigenvalue weighted by molar-refractivity contribution is 0.134. The van der Waals surface area contributed by atoms with Gasteiger partial charge in [-0.1, -0.05) is 18.2 Å². The Kier molecular flexibility index (Phi) is 4.89. The molecule has 2 rings (SSSR count). The molecule has 2 aromatic rings. The van der Waals surface area contributed by atoms with Gasteiger partial charge in [0.2, 0.25) is 0 Å². The zero-order chi connectivity index (χ0) is 14.5. The van der Waals surface area contributed by atoms with Gasteiger partial charge in [-0.2, -0.15) is 0 Å². The summed E-state index contributed by atoms with van der Waals surface area (Å²) in [5, 5.41) is 13.9. The molecule has 1 atom stereocenters. The van der Waals surface area contributed by atoms with E-state index in [-0.39, 0.29) is 5.56 Å². The number of pyridine rings is 1. The Morgan fingerprint density at radius 1 is 1.35 bits per heavy atom. The third-order valence-electron chi connectivity index (χ3n) is 3.10. The van der Waals surface area contributed by atoms with Gasteiger partial charge >= 0.3 is 0 Å². The Morgan fingerprint density at radius 2 is 2.10 bits per heavy atom. The highest BCUT2D eigenvalue weighted by Gasteiger charge is 2.06. The summed E-state index contributed by atoms with van der Waals surface area (Å²) in [6.07, 6.45) is -0.440. The molecule has 0 saturated heterocycles. The standard InChI is InChI=1S/C15H21N3O2/c1-18(2)10-13(19)9-16-8-12-7-11-5-3-4-6-14(11)17-15(12)20/h3-7,13,16,19H,8-10H2,1-2H3,(H,17,20). The van der Waals surface area contributed by atoms with Crippen LogP contribution in [-0.4, -0.2) is 48.3 Å². The van der Waals surface area contributed by atoms with Gasteiger partial charge in [-0.05, 0) is 31.6 Å². The number of hydrogen-bond acceptors (Lipinski definition) is 4. The van der Waals surface area contributed by atoms with Crippen LogP contribution in [0.25, 0.3) is 10.9 Å². The molecule has 1 heterocycles. The second kappa shape index (κ2) is 6.65. The van der Waals surface area contributed by atoms with Gasteiger partial charge in [0.15, 0.2) is 0 Å². The maximum atomic E-state index is 11.9. The van der Waals surface area contributed by atoms with Gasteiger partial charge in [0.05, 0.1) is 6.10 Å². The first-order valence-corrected chi connectivity index (χ1v) is 6.70. The monoisotopic (exact) mass is 275 g/mol. The quantitative estimate of drug-likeness (QED) is 0.720. The van der Waals surface area contributed by atoms with Crippen LogP contribution in [0, 0.1) is 0 Å². The van der Waals surface area contributed by atoms with E-state index in [9.17, 15) is 9.90 Å². The Hall–Kier alpha value is -1.69. The predicted molar refractivity (Wildman–Crippen MR) is 80.8 cm³/mol. The van der Waals surface area contributed by atoms with E-state index in [1.807, 2.05) is 49.3 Å². The molecule has 0 amide bonds. The summed E-state index contributed by atoms with van der Waals surface area (Å²) in [6, 6.07) is 9.58. The van der Waals surface area contributed by atoms with Crippen molar-refractivity contribution in [1.82, 2.24) is 15.2 Å². The van der Waals surface area contributed by atoms with E-state index in [1.165, 1.54) is 0 Å². The second-order valence-corrected chi connectivity index (χ2v) is 5.26. The number of nitrogens with one attached hydrogen (secondary N) is 2. The molecule has 0 aliphatic carbocycles. The number of aromatic amines is 1. The molecule has 5 nitrogen and oxygen atoms in total. The average Bonchev–Trinajstić information content (AvgIpc) is 2.38. The van der Waals surface area contributed by atoms with Gasteiger partial charge in [0, 0.05) is 30.7 Å². The first kappa shape index (κ1) is 14.7. The smallest absolute Gasteiger partial charge is 0.252 e. The van der Waals surface area contributed by atoms with Crippen molar-refractivity contribution in [3.8, 4) is 0 Å². The normalized spacial score (nSPS) is 13.0. The second-order valence-electron chi connectivity index (χ2n) is 5.26. The lowest BCUT2D eigenvalue weighted by Gasteiger charge is -2.16. The predicted octanol–water partition coefficient (Wildman–Crippen LogP) is 0.540. The van der Waals surface area contributed by atoms with Gasteiger partial charge in [-0.25, -0.2) is 0 Å². The van der Waals surface area contributed by atoms with Gasteiger partial charge in [-0.15, -0.1) is 0 Å².